The Morgan fingerprint density at radius 2 is 1.87 bits per heavy atom. The van der Waals surface area contributed by atoms with E-state index in [4.69, 9.17) is 0 Å². The lowest BCUT2D eigenvalue weighted by Gasteiger charge is -2.20. The van der Waals surface area contributed by atoms with Crippen molar-refractivity contribution in [2.75, 3.05) is 0 Å². The van der Waals surface area contributed by atoms with Gasteiger partial charge in [0.05, 0.1) is 0 Å². The molecule has 84 valence electrons. The third kappa shape index (κ3) is 3.67. The second-order valence-electron chi connectivity index (χ2n) is 4.48. The van der Waals surface area contributed by atoms with Crippen molar-refractivity contribution >= 4 is 0 Å². The lowest BCUT2D eigenvalue weighted by Crippen LogP contribution is -2.31. The van der Waals surface area contributed by atoms with Crippen LogP contribution in [0.5, 0.6) is 0 Å². The lowest BCUT2D eigenvalue weighted by molar-refractivity contribution is 0.389. The van der Waals surface area contributed by atoms with Gasteiger partial charge in [-0.05, 0) is 30.9 Å². The van der Waals surface area contributed by atoms with E-state index >= 15 is 0 Å². The molecule has 1 rings (SSSR count). The normalized spacial score (nSPS) is 14.9. The molecule has 1 nitrogen and oxygen atoms in total. The Morgan fingerprint density at radius 1 is 1.20 bits per heavy atom. The molecule has 1 aromatic rings. The fourth-order valence-electron chi connectivity index (χ4n) is 1.63. The van der Waals surface area contributed by atoms with Gasteiger partial charge in [-0.3, -0.25) is 0 Å². The summed E-state index contributed by atoms with van der Waals surface area (Å²) in [5.41, 5.74) is 2.79. The van der Waals surface area contributed by atoms with Crippen molar-refractivity contribution in [2.45, 2.75) is 46.7 Å². The summed E-state index contributed by atoms with van der Waals surface area (Å²) >= 11 is 0. The lowest BCUT2D eigenvalue weighted by atomic mass is 10.0. The van der Waals surface area contributed by atoms with Crippen molar-refractivity contribution in [3.8, 4) is 0 Å². The number of nitrogens with one attached hydrogen (secondary N) is 1. The van der Waals surface area contributed by atoms with E-state index in [1.165, 1.54) is 17.5 Å². The van der Waals surface area contributed by atoms with Crippen LogP contribution in [0.2, 0.25) is 0 Å². The highest BCUT2D eigenvalue weighted by Crippen LogP contribution is 2.10. The number of hydrogen-bond acceptors (Lipinski definition) is 1. The molecule has 0 saturated heterocycles. The summed E-state index contributed by atoms with van der Waals surface area (Å²) in [6.45, 7) is 9.97. The molecule has 1 heteroatoms. The van der Waals surface area contributed by atoms with Crippen LogP contribution in [0.1, 0.15) is 38.3 Å². The molecule has 0 aliphatic rings. The zero-order valence-electron chi connectivity index (χ0n) is 10.4. The Bertz CT molecular complexity index is 293. The standard InChI is InChI=1S/C14H23N/c1-5-11(2)13(4)15-10-14-9-7-6-8-12(14)3/h6-9,11,13,15H,5,10H2,1-4H3/t11-,13+/m1/s1. The highest BCUT2D eigenvalue weighted by molar-refractivity contribution is 5.25. The molecule has 0 heterocycles. The topological polar surface area (TPSA) is 12.0 Å². The van der Waals surface area contributed by atoms with Gasteiger partial charge in [-0.2, -0.15) is 0 Å². The maximum atomic E-state index is 3.59. The molecular weight excluding hydrogens is 182 g/mol. The van der Waals surface area contributed by atoms with E-state index in [0.29, 0.717) is 6.04 Å². The van der Waals surface area contributed by atoms with Gasteiger partial charge >= 0.3 is 0 Å². The second-order valence-corrected chi connectivity index (χ2v) is 4.48. The minimum atomic E-state index is 0.592. The first kappa shape index (κ1) is 12.3. The van der Waals surface area contributed by atoms with E-state index < -0.39 is 0 Å². The van der Waals surface area contributed by atoms with E-state index in [2.05, 4.69) is 57.3 Å². The Balaban J connectivity index is 2.47. The first-order valence-corrected chi connectivity index (χ1v) is 5.93. The van der Waals surface area contributed by atoms with Gasteiger partial charge in [0.2, 0.25) is 0 Å². The van der Waals surface area contributed by atoms with Crippen LogP contribution < -0.4 is 5.32 Å². The molecule has 0 aliphatic heterocycles. The van der Waals surface area contributed by atoms with Crippen molar-refractivity contribution in [3.63, 3.8) is 0 Å². The highest BCUT2D eigenvalue weighted by Gasteiger charge is 2.09. The van der Waals surface area contributed by atoms with Gasteiger partial charge in [-0.25, -0.2) is 0 Å². The van der Waals surface area contributed by atoms with Gasteiger partial charge < -0.3 is 5.32 Å². The van der Waals surface area contributed by atoms with Crippen molar-refractivity contribution in [1.82, 2.24) is 5.32 Å². The molecule has 0 fully saturated rings. The number of hydrogen-bond donors (Lipinski definition) is 1. The summed E-state index contributed by atoms with van der Waals surface area (Å²) in [6.07, 6.45) is 1.24. The molecule has 15 heavy (non-hydrogen) atoms. The van der Waals surface area contributed by atoms with Gasteiger partial charge in [-0.1, -0.05) is 44.5 Å². The van der Waals surface area contributed by atoms with Crippen LogP contribution in [-0.4, -0.2) is 6.04 Å². The molecular formula is C14H23N. The minimum absolute atomic E-state index is 0.592. The molecule has 0 aromatic heterocycles. The molecule has 0 unspecified atom stereocenters. The molecule has 2 atom stereocenters. The van der Waals surface area contributed by atoms with E-state index in [1.807, 2.05) is 0 Å². The smallest absolute Gasteiger partial charge is 0.0210 e. The number of aryl methyl sites for hydroxylation is 1. The summed E-state index contributed by atoms with van der Waals surface area (Å²) in [4.78, 5) is 0. The minimum Gasteiger partial charge on any atom is -0.310 e. The second kappa shape index (κ2) is 5.92. The van der Waals surface area contributed by atoms with Crippen molar-refractivity contribution in [1.29, 1.82) is 0 Å². The molecule has 0 radical (unpaired) electrons. The summed E-state index contributed by atoms with van der Waals surface area (Å²) < 4.78 is 0. The van der Waals surface area contributed by atoms with Crippen LogP contribution in [0.3, 0.4) is 0 Å². The van der Waals surface area contributed by atoms with Crippen LogP contribution in [-0.2, 0) is 6.54 Å². The van der Waals surface area contributed by atoms with Crippen molar-refractivity contribution in [3.05, 3.63) is 35.4 Å². The van der Waals surface area contributed by atoms with Gasteiger partial charge in [0.25, 0.3) is 0 Å². The van der Waals surface area contributed by atoms with Crippen LogP contribution in [0.4, 0.5) is 0 Å². The zero-order valence-corrected chi connectivity index (χ0v) is 10.4. The summed E-state index contributed by atoms with van der Waals surface area (Å²) in [7, 11) is 0. The van der Waals surface area contributed by atoms with Gasteiger partial charge in [-0.15, -0.1) is 0 Å². The van der Waals surface area contributed by atoms with Crippen molar-refractivity contribution < 1.29 is 0 Å². The average Bonchev–Trinajstić information content (AvgIpc) is 2.26. The zero-order chi connectivity index (χ0) is 11.3. The Morgan fingerprint density at radius 3 is 2.47 bits per heavy atom. The fourth-order valence-corrected chi connectivity index (χ4v) is 1.63. The van der Waals surface area contributed by atoms with Crippen molar-refractivity contribution in [2.24, 2.45) is 5.92 Å². The van der Waals surface area contributed by atoms with E-state index in [0.717, 1.165) is 12.5 Å². The van der Waals surface area contributed by atoms with Gasteiger partial charge in [0.15, 0.2) is 0 Å². The number of rotatable bonds is 5. The fraction of sp³-hybridized carbons (Fsp3) is 0.571. The molecule has 1 N–H and O–H groups in total. The molecule has 0 saturated carbocycles. The predicted octanol–water partition coefficient (Wildman–Crippen LogP) is 3.52. The summed E-state index contributed by atoms with van der Waals surface area (Å²) in [6, 6.07) is 9.17. The summed E-state index contributed by atoms with van der Waals surface area (Å²) in [5, 5.41) is 3.59. The largest absolute Gasteiger partial charge is 0.310 e. The maximum Gasteiger partial charge on any atom is 0.0210 e. The quantitative estimate of drug-likeness (QED) is 0.775. The van der Waals surface area contributed by atoms with Crippen LogP contribution in [0.15, 0.2) is 24.3 Å². The monoisotopic (exact) mass is 205 g/mol. The molecule has 0 bridgehead atoms. The first-order valence-electron chi connectivity index (χ1n) is 5.93. The average molecular weight is 205 g/mol. The highest BCUT2D eigenvalue weighted by atomic mass is 14.9. The molecule has 0 aliphatic carbocycles. The van der Waals surface area contributed by atoms with Crippen LogP contribution >= 0.6 is 0 Å². The third-order valence-corrected chi connectivity index (χ3v) is 3.37. The van der Waals surface area contributed by atoms with Gasteiger partial charge in [0.1, 0.15) is 0 Å². The maximum absolute atomic E-state index is 3.59. The van der Waals surface area contributed by atoms with Crippen LogP contribution in [0, 0.1) is 12.8 Å². The molecule has 0 spiro atoms. The Labute approximate surface area is 93.9 Å². The molecule has 0 amide bonds. The Kier molecular flexibility index (Phi) is 4.83. The SMILES string of the molecule is CC[C@@H](C)[C@H](C)NCc1ccccc1C. The van der Waals surface area contributed by atoms with Crippen LogP contribution in [0.25, 0.3) is 0 Å². The predicted molar refractivity (Wildman–Crippen MR) is 66.9 cm³/mol. The Hall–Kier alpha value is -0.820. The van der Waals surface area contributed by atoms with Gasteiger partial charge in [0, 0.05) is 12.6 Å². The third-order valence-electron chi connectivity index (χ3n) is 3.37. The summed E-state index contributed by atoms with van der Waals surface area (Å²) in [5.74, 6) is 0.744. The van der Waals surface area contributed by atoms with E-state index in [1.54, 1.807) is 0 Å². The number of benzene rings is 1. The first-order chi connectivity index (χ1) is 7.15. The molecule has 1 aromatic carbocycles. The van der Waals surface area contributed by atoms with E-state index in [-0.39, 0.29) is 0 Å². The van der Waals surface area contributed by atoms with E-state index in [9.17, 15) is 0 Å².